The average Bonchev–Trinajstić information content (AvgIpc) is 2.54. The number of nitrogens with zero attached hydrogens (tertiary/aromatic N) is 1. The predicted molar refractivity (Wildman–Crippen MR) is 58.3 cm³/mol. The molecule has 1 atom stereocenters. The monoisotopic (exact) mass is 212 g/mol. The molecule has 0 bridgehead atoms. The zero-order chi connectivity index (χ0) is 11.3. The molecule has 0 aromatic heterocycles. The van der Waals surface area contributed by atoms with Gasteiger partial charge in [-0.15, -0.1) is 0 Å². The Morgan fingerprint density at radius 1 is 1.27 bits per heavy atom. The minimum atomic E-state index is 0.00154. The van der Waals surface area contributed by atoms with E-state index in [1.54, 1.807) is 0 Å². The van der Waals surface area contributed by atoms with Gasteiger partial charge >= 0.3 is 0 Å². The fraction of sp³-hybridized carbons (Fsp3) is 0.818. The number of hydrogen-bond donors (Lipinski definition) is 1. The van der Waals surface area contributed by atoms with E-state index in [4.69, 9.17) is 0 Å². The molecule has 1 aliphatic heterocycles. The Kier molecular flexibility index (Phi) is 4.75. The van der Waals surface area contributed by atoms with E-state index in [2.05, 4.69) is 12.2 Å². The molecule has 0 aromatic rings. The van der Waals surface area contributed by atoms with Crippen molar-refractivity contribution >= 4 is 11.8 Å². The van der Waals surface area contributed by atoms with Gasteiger partial charge in [-0.3, -0.25) is 14.5 Å². The molecule has 1 saturated heterocycles. The Balaban J connectivity index is 2.14. The molecule has 0 spiro atoms. The second-order valence-corrected chi connectivity index (χ2v) is 4.12. The molecule has 1 heterocycles. The number of imide groups is 1. The molecule has 4 nitrogen and oxygen atoms in total. The third kappa shape index (κ3) is 3.63. The molecule has 0 aromatic carbocycles. The van der Waals surface area contributed by atoms with Crippen LogP contribution in [0.15, 0.2) is 0 Å². The van der Waals surface area contributed by atoms with E-state index in [1.807, 2.05) is 7.05 Å². The molecule has 0 aliphatic carbocycles. The van der Waals surface area contributed by atoms with Gasteiger partial charge in [0, 0.05) is 25.4 Å². The van der Waals surface area contributed by atoms with E-state index >= 15 is 0 Å². The Labute approximate surface area is 91.0 Å². The highest BCUT2D eigenvalue weighted by atomic mass is 16.2. The Bertz CT molecular complexity index is 225. The largest absolute Gasteiger partial charge is 0.317 e. The molecule has 0 saturated carbocycles. The van der Waals surface area contributed by atoms with Crippen LogP contribution in [-0.2, 0) is 9.59 Å². The molecular formula is C11H20N2O2. The number of unbranched alkanes of at least 4 members (excludes halogenated alkanes) is 1. The van der Waals surface area contributed by atoms with Gasteiger partial charge in [0.1, 0.15) is 0 Å². The van der Waals surface area contributed by atoms with Crippen molar-refractivity contribution in [3.8, 4) is 0 Å². The fourth-order valence-electron chi connectivity index (χ4n) is 1.74. The summed E-state index contributed by atoms with van der Waals surface area (Å²) in [7, 11) is 1.94. The van der Waals surface area contributed by atoms with Gasteiger partial charge in [0.2, 0.25) is 11.8 Å². The van der Waals surface area contributed by atoms with Crippen molar-refractivity contribution < 1.29 is 9.59 Å². The van der Waals surface area contributed by atoms with E-state index in [0.717, 1.165) is 19.3 Å². The lowest BCUT2D eigenvalue weighted by Crippen LogP contribution is -2.30. The first-order valence-electron chi connectivity index (χ1n) is 5.65. The van der Waals surface area contributed by atoms with E-state index in [0.29, 0.717) is 25.4 Å². The van der Waals surface area contributed by atoms with E-state index in [9.17, 15) is 9.59 Å². The molecular weight excluding hydrogens is 192 g/mol. The number of rotatable bonds is 6. The van der Waals surface area contributed by atoms with Crippen molar-refractivity contribution in [2.45, 2.75) is 45.1 Å². The van der Waals surface area contributed by atoms with Gasteiger partial charge in [0.05, 0.1) is 0 Å². The third-order valence-electron chi connectivity index (χ3n) is 2.92. The molecule has 2 amide bonds. The summed E-state index contributed by atoms with van der Waals surface area (Å²) < 4.78 is 0. The van der Waals surface area contributed by atoms with Crippen molar-refractivity contribution in [3.63, 3.8) is 0 Å². The highest BCUT2D eigenvalue weighted by molar-refractivity contribution is 6.01. The van der Waals surface area contributed by atoms with Crippen molar-refractivity contribution in [1.82, 2.24) is 10.2 Å². The van der Waals surface area contributed by atoms with Gasteiger partial charge in [0.15, 0.2) is 0 Å². The first-order chi connectivity index (χ1) is 7.15. The SMILES string of the molecule is CNC(C)CCCCN1C(=O)CCC1=O. The summed E-state index contributed by atoms with van der Waals surface area (Å²) in [6.07, 6.45) is 3.88. The molecule has 0 radical (unpaired) electrons. The minimum absolute atomic E-state index is 0.00154. The van der Waals surface area contributed by atoms with Crippen LogP contribution in [0.1, 0.15) is 39.0 Å². The van der Waals surface area contributed by atoms with Crippen LogP contribution in [0, 0.1) is 0 Å². The topological polar surface area (TPSA) is 49.4 Å². The Morgan fingerprint density at radius 3 is 2.40 bits per heavy atom. The number of amides is 2. The summed E-state index contributed by atoms with van der Waals surface area (Å²) in [4.78, 5) is 23.9. The minimum Gasteiger partial charge on any atom is -0.317 e. The van der Waals surface area contributed by atoms with Crippen LogP contribution in [0.2, 0.25) is 0 Å². The number of nitrogens with one attached hydrogen (secondary N) is 1. The van der Waals surface area contributed by atoms with Gasteiger partial charge in [-0.2, -0.15) is 0 Å². The standard InChI is InChI=1S/C11H20N2O2/c1-9(12-2)5-3-4-8-13-10(14)6-7-11(13)15/h9,12H,3-8H2,1-2H3. The average molecular weight is 212 g/mol. The van der Waals surface area contributed by atoms with Crippen LogP contribution in [0.4, 0.5) is 0 Å². The Morgan fingerprint density at radius 2 is 1.87 bits per heavy atom. The summed E-state index contributed by atoms with van der Waals surface area (Å²) >= 11 is 0. The van der Waals surface area contributed by atoms with Crippen LogP contribution in [0.3, 0.4) is 0 Å². The van der Waals surface area contributed by atoms with Gasteiger partial charge in [-0.1, -0.05) is 6.42 Å². The van der Waals surface area contributed by atoms with Gasteiger partial charge in [0.25, 0.3) is 0 Å². The second kappa shape index (κ2) is 5.85. The van der Waals surface area contributed by atoms with Crippen molar-refractivity contribution in [2.24, 2.45) is 0 Å². The second-order valence-electron chi connectivity index (χ2n) is 4.12. The first-order valence-corrected chi connectivity index (χ1v) is 5.65. The van der Waals surface area contributed by atoms with Crippen LogP contribution < -0.4 is 5.32 Å². The molecule has 1 unspecified atom stereocenters. The number of carbonyl (C=O) groups excluding carboxylic acids is 2. The van der Waals surface area contributed by atoms with Crippen LogP contribution in [0.5, 0.6) is 0 Å². The fourth-order valence-corrected chi connectivity index (χ4v) is 1.74. The normalized spacial score (nSPS) is 18.7. The predicted octanol–water partition coefficient (Wildman–Crippen LogP) is 0.914. The lowest BCUT2D eigenvalue weighted by molar-refractivity contribution is -0.138. The number of hydrogen-bond acceptors (Lipinski definition) is 3. The zero-order valence-corrected chi connectivity index (χ0v) is 9.58. The lowest BCUT2D eigenvalue weighted by Gasteiger charge is -2.14. The van der Waals surface area contributed by atoms with Crippen LogP contribution >= 0.6 is 0 Å². The van der Waals surface area contributed by atoms with Crippen molar-refractivity contribution in [3.05, 3.63) is 0 Å². The van der Waals surface area contributed by atoms with E-state index < -0.39 is 0 Å². The maximum Gasteiger partial charge on any atom is 0.229 e. The van der Waals surface area contributed by atoms with Crippen molar-refractivity contribution in [1.29, 1.82) is 0 Å². The van der Waals surface area contributed by atoms with Crippen LogP contribution in [-0.4, -0.2) is 36.3 Å². The maximum atomic E-state index is 11.3. The maximum absolute atomic E-state index is 11.3. The lowest BCUT2D eigenvalue weighted by atomic mass is 10.1. The Hall–Kier alpha value is -0.900. The summed E-state index contributed by atoms with van der Waals surface area (Å²) in [5.74, 6) is 0.00308. The molecule has 4 heteroatoms. The van der Waals surface area contributed by atoms with E-state index in [-0.39, 0.29) is 11.8 Å². The molecule has 15 heavy (non-hydrogen) atoms. The molecule has 1 N–H and O–H groups in total. The zero-order valence-electron chi connectivity index (χ0n) is 9.58. The number of carbonyl (C=O) groups is 2. The molecule has 86 valence electrons. The first kappa shape index (κ1) is 12.2. The molecule has 1 fully saturated rings. The van der Waals surface area contributed by atoms with Crippen LogP contribution in [0.25, 0.3) is 0 Å². The van der Waals surface area contributed by atoms with Gasteiger partial charge in [-0.05, 0) is 26.8 Å². The molecule has 1 rings (SSSR count). The summed E-state index contributed by atoms with van der Waals surface area (Å²) in [5.41, 5.74) is 0. The molecule has 1 aliphatic rings. The summed E-state index contributed by atoms with van der Waals surface area (Å²) in [5, 5.41) is 3.16. The summed E-state index contributed by atoms with van der Waals surface area (Å²) in [6.45, 7) is 2.74. The highest BCUT2D eigenvalue weighted by Gasteiger charge is 2.27. The summed E-state index contributed by atoms with van der Waals surface area (Å²) in [6, 6.07) is 0.509. The third-order valence-corrected chi connectivity index (χ3v) is 2.92. The van der Waals surface area contributed by atoms with Gasteiger partial charge in [-0.25, -0.2) is 0 Å². The number of likely N-dealkylation sites (tertiary alicyclic amines) is 1. The van der Waals surface area contributed by atoms with Gasteiger partial charge < -0.3 is 5.32 Å². The van der Waals surface area contributed by atoms with Crippen molar-refractivity contribution in [2.75, 3.05) is 13.6 Å². The highest BCUT2D eigenvalue weighted by Crippen LogP contribution is 2.13. The quantitative estimate of drug-likeness (QED) is 0.526. The van der Waals surface area contributed by atoms with E-state index in [1.165, 1.54) is 4.90 Å². The smallest absolute Gasteiger partial charge is 0.229 e.